The minimum atomic E-state index is -0.849. The number of pyridine rings is 1. The average molecular weight is 288 g/mol. The van der Waals surface area contributed by atoms with Crippen LogP contribution in [0, 0.1) is 11.6 Å². The fourth-order valence-corrected chi connectivity index (χ4v) is 2.32. The van der Waals surface area contributed by atoms with Gasteiger partial charge in [0.2, 0.25) is 0 Å². The molecule has 1 aromatic heterocycles. The normalized spacial score (nSPS) is 10.4. The number of hydrazine groups is 1. The maximum Gasteiger partial charge on any atom is 0.177 e. The summed E-state index contributed by atoms with van der Waals surface area (Å²) < 4.78 is 26.7. The molecule has 2 rings (SSSR count). The molecule has 18 heavy (non-hydrogen) atoms. The number of nitrogen functional groups attached to an aromatic ring is 1. The van der Waals surface area contributed by atoms with E-state index in [1.54, 1.807) is 24.3 Å². The number of hydrogen-bond acceptors (Lipinski definition) is 4. The number of rotatable bonds is 3. The molecule has 0 aliphatic heterocycles. The van der Waals surface area contributed by atoms with Crippen LogP contribution in [-0.2, 0) is 0 Å². The number of aromatic nitrogens is 1. The monoisotopic (exact) mass is 287 g/mol. The molecule has 3 nitrogen and oxygen atoms in total. The summed E-state index contributed by atoms with van der Waals surface area (Å²) in [6, 6.07) is 7.63. The SMILES string of the molecule is NNc1nc(Sc2ccccc2Cl)c(F)cc1F. The summed E-state index contributed by atoms with van der Waals surface area (Å²) in [6.45, 7) is 0. The first-order chi connectivity index (χ1) is 8.61. The second-order valence-electron chi connectivity index (χ2n) is 3.28. The second kappa shape index (κ2) is 5.51. The maximum absolute atomic E-state index is 13.5. The van der Waals surface area contributed by atoms with Crippen molar-refractivity contribution in [2.75, 3.05) is 5.43 Å². The van der Waals surface area contributed by atoms with Crippen molar-refractivity contribution in [3.8, 4) is 0 Å². The van der Waals surface area contributed by atoms with Crippen molar-refractivity contribution in [2.24, 2.45) is 5.84 Å². The first kappa shape index (κ1) is 13.1. The predicted octanol–water partition coefficient (Wildman–Crippen LogP) is 3.45. The molecule has 0 bridgehead atoms. The average Bonchev–Trinajstić information content (AvgIpc) is 2.35. The van der Waals surface area contributed by atoms with Crippen LogP contribution >= 0.6 is 23.4 Å². The van der Waals surface area contributed by atoms with Gasteiger partial charge in [0.15, 0.2) is 17.5 Å². The molecule has 0 radical (unpaired) electrons. The Morgan fingerprint density at radius 2 is 1.94 bits per heavy atom. The molecule has 0 aliphatic rings. The predicted molar refractivity (Wildman–Crippen MR) is 67.5 cm³/mol. The minimum absolute atomic E-state index is 0.00236. The Bertz CT molecular complexity index is 580. The molecule has 94 valence electrons. The van der Waals surface area contributed by atoms with Gasteiger partial charge in [-0.25, -0.2) is 19.6 Å². The number of nitrogens with one attached hydrogen (secondary N) is 1. The fourth-order valence-electron chi connectivity index (χ4n) is 1.25. The number of nitrogens with zero attached hydrogens (tertiary/aromatic N) is 1. The van der Waals surface area contributed by atoms with Crippen LogP contribution in [0.5, 0.6) is 0 Å². The molecule has 0 amide bonds. The van der Waals surface area contributed by atoms with Gasteiger partial charge in [-0.05, 0) is 12.1 Å². The maximum atomic E-state index is 13.5. The van der Waals surface area contributed by atoms with E-state index in [4.69, 9.17) is 17.4 Å². The molecule has 0 unspecified atom stereocenters. The van der Waals surface area contributed by atoms with Crippen LogP contribution in [0.25, 0.3) is 0 Å². The van der Waals surface area contributed by atoms with E-state index in [-0.39, 0.29) is 10.8 Å². The standard InChI is InChI=1S/C11H8ClF2N3S/c12-6-3-1-2-4-9(6)18-11-8(14)5-7(13)10(16-11)17-15/h1-5H,15H2,(H,16,17). The third-order valence-corrected chi connectivity index (χ3v) is 3.57. The van der Waals surface area contributed by atoms with Crippen molar-refractivity contribution in [1.82, 2.24) is 4.98 Å². The third kappa shape index (κ3) is 2.72. The molecule has 0 saturated carbocycles. The van der Waals surface area contributed by atoms with Crippen LogP contribution in [-0.4, -0.2) is 4.98 Å². The largest absolute Gasteiger partial charge is 0.306 e. The van der Waals surface area contributed by atoms with E-state index < -0.39 is 11.6 Å². The van der Waals surface area contributed by atoms with Crippen molar-refractivity contribution < 1.29 is 8.78 Å². The van der Waals surface area contributed by atoms with E-state index in [0.717, 1.165) is 17.8 Å². The molecular weight excluding hydrogens is 280 g/mol. The number of benzene rings is 1. The number of anilines is 1. The Morgan fingerprint density at radius 3 is 2.61 bits per heavy atom. The van der Waals surface area contributed by atoms with E-state index in [1.165, 1.54) is 0 Å². The molecule has 1 aromatic carbocycles. The lowest BCUT2D eigenvalue weighted by Gasteiger charge is -2.07. The zero-order valence-electron chi connectivity index (χ0n) is 8.95. The van der Waals surface area contributed by atoms with Crippen LogP contribution in [0.1, 0.15) is 0 Å². The highest BCUT2D eigenvalue weighted by Crippen LogP contribution is 2.34. The second-order valence-corrected chi connectivity index (χ2v) is 4.72. The summed E-state index contributed by atoms with van der Waals surface area (Å²) >= 11 is 6.94. The van der Waals surface area contributed by atoms with Gasteiger partial charge >= 0.3 is 0 Å². The first-order valence-corrected chi connectivity index (χ1v) is 6.06. The van der Waals surface area contributed by atoms with Crippen molar-refractivity contribution >= 4 is 29.2 Å². The van der Waals surface area contributed by atoms with Gasteiger partial charge in [0.25, 0.3) is 0 Å². The molecule has 0 spiro atoms. The Morgan fingerprint density at radius 1 is 1.22 bits per heavy atom. The summed E-state index contributed by atoms with van der Waals surface area (Å²) in [5, 5.41) is 0.465. The van der Waals surface area contributed by atoms with Crippen molar-refractivity contribution in [3.63, 3.8) is 0 Å². The Labute approximate surface area is 111 Å². The molecule has 2 aromatic rings. The molecule has 0 fully saturated rings. The van der Waals surface area contributed by atoms with Gasteiger partial charge in [0, 0.05) is 11.0 Å². The third-order valence-electron chi connectivity index (χ3n) is 2.08. The van der Waals surface area contributed by atoms with Crippen LogP contribution in [0.2, 0.25) is 5.02 Å². The van der Waals surface area contributed by atoms with Crippen LogP contribution in [0.3, 0.4) is 0 Å². The van der Waals surface area contributed by atoms with Gasteiger partial charge in [-0.15, -0.1) is 0 Å². The summed E-state index contributed by atoms with van der Waals surface area (Å²) in [6.07, 6.45) is 0. The zero-order chi connectivity index (χ0) is 13.1. The van der Waals surface area contributed by atoms with E-state index in [0.29, 0.717) is 9.92 Å². The Hall–Kier alpha value is -1.37. The lowest BCUT2D eigenvalue weighted by molar-refractivity contribution is 0.551. The topological polar surface area (TPSA) is 50.9 Å². The van der Waals surface area contributed by atoms with Crippen molar-refractivity contribution in [1.29, 1.82) is 0 Å². The van der Waals surface area contributed by atoms with E-state index >= 15 is 0 Å². The quantitative estimate of drug-likeness (QED) is 0.670. The Kier molecular flexibility index (Phi) is 4.00. The molecule has 0 aliphatic carbocycles. The zero-order valence-corrected chi connectivity index (χ0v) is 10.5. The molecule has 3 N–H and O–H groups in total. The number of halogens is 3. The Balaban J connectivity index is 2.38. The number of hydrogen-bond donors (Lipinski definition) is 2. The van der Waals surface area contributed by atoms with Gasteiger partial charge < -0.3 is 5.43 Å². The highest BCUT2D eigenvalue weighted by Gasteiger charge is 2.13. The number of nitrogens with two attached hydrogens (primary N) is 1. The fraction of sp³-hybridized carbons (Fsp3) is 0. The van der Waals surface area contributed by atoms with Gasteiger partial charge in [-0.2, -0.15) is 0 Å². The first-order valence-electron chi connectivity index (χ1n) is 4.87. The molecule has 0 saturated heterocycles. The molecule has 7 heteroatoms. The van der Waals surface area contributed by atoms with E-state index in [2.05, 4.69) is 10.4 Å². The van der Waals surface area contributed by atoms with Crippen molar-refractivity contribution in [3.05, 3.63) is 47.0 Å². The van der Waals surface area contributed by atoms with Crippen LogP contribution in [0.4, 0.5) is 14.6 Å². The van der Waals surface area contributed by atoms with Crippen LogP contribution in [0.15, 0.2) is 40.3 Å². The minimum Gasteiger partial charge on any atom is -0.306 e. The molecular formula is C11H8ClF2N3S. The highest BCUT2D eigenvalue weighted by molar-refractivity contribution is 7.99. The lowest BCUT2D eigenvalue weighted by atomic mass is 10.4. The van der Waals surface area contributed by atoms with E-state index in [1.807, 2.05) is 0 Å². The van der Waals surface area contributed by atoms with Gasteiger partial charge in [-0.3, -0.25) is 0 Å². The summed E-state index contributed by atoms with van der Waals surface area (Å²) in [5.41, 5.74) is 2.06. The van der Waals surface area contributed by atoms with Gasteiger partial charge in [0.05, 0.1) is 5.02 Å². The smallest absolute Gasteiger partial charge is 0.177 e. The van der Waals surface area contributed by atoms with Crippen LogP contribution < -0.4 is 11.3 Å². The summed E-state index contributed by atoms with van der Waals surface area (Å²) in [7, 11) is 0. The van der Waals surface area contributed by atoms with Gasteiger partial charge in [-0.1, -0.05) is 35.5 Å². The molecule has 0 atom stereocenters. The summed E-state index contributed by atoms with van der Waals surface area (Å²) in [4.78, 5) is 4.37. The van der Waals surface area contributed by atoms with E-state index in [9.17, 15) is 8.78 Å². The van der Waals surface area contributed by atoms with Crippen molar-refractivity contribution in [2.45, 2.75) is 9.92 Å². The summed E-state index contributed by atoms with van der Waals surface area (Å²) in [5.74, 6) is 3.25. The lowest BCUT2D eigenvalue weighted by Crippen LogP contribution is -2.11. The molecule has 1 heterocycles. The van der Waals surface area contributed by atoms with Gasteiger partial charge in [0.1, 0.15) is 5.03 Å². The highest BCUT2D eigenvalue weighted by atomic mass is 35.5.